The highest BCUT2D eigenvalue weighted by molar-refractivity contribution is 6.23. The van der Waals surface area contributed by atoms with E-state index in [0.717, 1.165) is 30.6 Å². The average Bonchev–Trinajstić information content (AvgIpc) is 3.20. The minimum Gasteiger partial charge on any atom is -0.493 e. The summed E-state index contributed by atoms with van der Waals surface area (Å²) in [7, 11) is 6.65. The van der Waals surface area contributed by atoms with E-state index in [1.165, 1.54) is 4.90 Å². The molecule has 1 saturated heterocycles. The second-order valence-electron chi connectivity index (χ2n) is 9.79. The van der Waals surface area contributed by atoms with Gasteiger partial charge >= 0.3 is 0 Å². The van der Waals surface area contributed by atoms with Gasteiger partial charge < -0.3 is 24.0 Å². The third kappa shape index (κ3) is 5.62. The van der Waals surface area contributed by atoms with Gasteiger partial charge in [0.1, 0.15) is 0 Å². The number of ether oxygens (including phenoxy) is 3. The van der Waals surface area contributed by atoms with Crippen LogP contribution in [-0.4, -0.2) is 88.7 Å². The number of hydrogen-bond donors (Lipinski definition) is 0. The Bertz CT molecular complexity index is 1180. The molecule has 0 N–H and O–H groups in total. The fraction of sp³-hybridized carbons (Fsp3) is 0.483. The molecule has 9 heteroatoms. The molecule has 2 aromatic carbocycles. The van der Waals surface area contributed by atoms with Crippen LogP contribution in [0, 0.1) is 5.92 Å². The van der Waals surface area contributed by atoms with Crippen LogP contribution >= 0.6 is 0 Å². The number of methoxy groups -OCH3 is 3. The first-order valence-corrected chi connectivity index (χ1v) is 13.1. The first-order valence-electron chi connectivity index (χ1n) is 13.1. The fourth-order valence-electron chi connectivity index (χ4n) is 5.30. The Morgan fingerprint density at radius 3 is 2.58 bits per heavy atom. The molecule has 0 saturated carbocycles. The van der Waals surface area contributed by atoms with Crippen molar-refractivity contribution in [1.82, 2.24) is 9.80 Å². The van der Waals surface area contributed by atoms with Crippen LogP contribution in [0.2, 0.25) is 0 Å². The molecule has 2 heterocycles. The van der Waals surface area contributed by atoms with Crippen LogP contribution < -0.4 is 14.4 Å². The Balaban J connectivity index is 1.42. The number of piperidine rings is 1. The van der Waals surface area contributed by atoms with Crippen LogP contribution in [0.3, 0.4) is 0 Å². The highest BCUT2D eigenvalue weighted by atomic mass is 16.5. The van der Waals surface area contributed by atoms with Gasteiger partial charge in [-0.25, -0.2) is 0 Å². The molecular weight excluding hydrogens is 486 g/mol. The molecule has 1 fully saturated rings. The molecule has 0 aliphatic carbocycles. The minimum atomic E-state index is -0.266. The molecule has 0 spiro atoms. The Morgan fingerprint density at radius 1 is 1.05 bits per heavy atom. The second-order valence-corrected chi connectivity index (χ2v) is 9.79. The molecule has 0 unspecified atom stereocenters. The van der Waals surface area contributed by atoms with Crippen LogP contribution in [0.25, 0.3) is 0 Å². The molecule has 0 bridgehead atoms. The Hall–Kier alpha value is -3.59. The number of likely N-dealkylation sites (N-methyl/N-ethyl adjacent to an activating group) is 1. The number of nitrogens with zero attached hydrogens (tertiary/aromatic N) is 3. The molecule has 2 aromatic rings. The van der Waals surface area contributed by atoms with Gasteiger partial charge in [0.05, 0.1) is 37.0 Å². The van der Waals surface area contributed by atoms with Crippen molar-refractivity contribution in [1.29, 1.82) is 0 Å². The second kappa shape index (κ2) is 12.3. The van der Waals surface area contributed by atoms with Crippen LogP contribution in [-0.2, 0) is 16.0 Å². The van der Waals surface area contributed by atoms with Crippen molar-refractivity contribution in [3.63, 3.8) is 0 Å². The maximum atomic E-state index is 13.4. The Kier molecular flexibility index (Phi) is 8.89. The van der Waals surface area contributed by atoms with E-state index in [0.29, 0.717) is 61.7 Å². The van der Waals surface area contributed by atoms with Crippen molar-refractivity contribution in [2.24, 2.45) is 5.92 Å². The third-order valence-electron chi connectivity index (χ3n) is 7.38. The molecule has 4 rings (SSSR count). The van der Waals surface area contributed by atoms with E-state index in [9.17, 15) is 14.4 Å². The number of carbonyl (C=O) groups is 3. The highest BCUT2D eigenvalue weighted by Crippen LogP contribution is 2.34. The first kappa shape index (κ1) is 27.4. The number of carbonyl (C=O) groups excluding carboxylic acids is 3. The maximum Gasteiger partial charge on any atom is 0.263 e. The molecule has 3 amide bonds. The van der Waals surface area contributed by atoms with E-state index >= 15 is 0 Å². The third-order valence-corrected chi connectivity index (χ3v) is 7.38. The number of rotatable bonds is 11. The summed E-state index contributed by atoms with van der Waals surface area (Å²) < 4.78 is 15.8. The van der Waals surface area contributed by atoms with E-state index in [1.807, 2.05) is 37.4 Å². The maximum absolute atomic E-state index is 13.4. The van der Waals surface area contributed by atoms with Gasteiger partial charge in [0.15, 0.2) is 11.5 Å². The SMILES string of the molecule is COCCCN1C(=O)c2cccc(N3CCC[C@H](C(=O)N(C)CCc4ccc(OC)c(OC)c4)C3)c2C1=O. The molecule has 1 atom stereocenters. The van der Waals surface area contributed by atoms with Gasteiger partial charge in [-0.3, -0.25) is 19.3 Å². The lowest BCUT2D eigenvalue weighted by atomic mass is 9.94. The predicted molar refractivity (Wildman–Crippen MR) is 144 cm³/mol. The molecule has 38 heavy (non-hydrogen) atoms. The number of hydrogen-bond acceptors (Lipinski definition) is 7. The largest absolute Gasteiger partial charge is 0.493 e. The monoisotopic (exact) mass is 523 g/mol. The average molecular weight is 524 g/mol. The summed E-state index contributed by atoms with van der Waals surface area (Å²) in [5, 5.41) is 0. The van der Waals surface area contributed by atoms with E-state index < -0.39 is 0 Å². The van der Waals surface area contributed by atoms with Crippen molar-refractivity contribution in [3.8, 4) is 11.5 Å². The number of imide groups is 1. The predicted octanol–water partition coefficient (Wildman–Crippen LogP) is 3.25. The van der Waals surface area contributed by atoms with E-state index in [2.05, 4.69) is 4.90 Å². The van der Waals surface area contributed by atoms with Crippen LogP contribution in [0.1, 0.15) is 45.5 Å². The van der Waals surface area contributed by atoms with E-state index in [4.69, 9.17) is 14.2 Å². The normalized spacial score (nSPS) is 17.0. The van der Waals surface area contributed by atoms with Gasteiger partial charge in [0, 0.05) is 46.9 Å². The molecule has 2 aliphatic rings. The zero-order chi connectivity index (χ0) is 27.2. The van der Waals surface area contributed by atoms with E-state index in [1.54, 1.807) is 32.3 Å². The van der Waals surface area contributed by atoms with Gasteiger partial charge in [0.2, 0.25) is 5.91 Å². The molecule has 0 radical (unpaired) electrons. The van der Waals surface area contributed by atoms with Gasteiger partial charge in [0.25, 0.3) is 11.8 Å². The molecule has 204 valence electrons. The summed E-state index contributed by atoms with van der Waals surface area (Å²) in [4.78, 5) is 44.7. The lowest BCUT2D eigenvalue weighted by molar-refractivity contribution is -0.134. The Morgan fingerprint density at radius 2 is 1.84 bits per heavy atom. The highest BCUT2D eigenvalue weighted by Gasteiger charge is 2.39. The summed E-state index contributed by atoms with van der Waals surface area (Å²) in [6.45, 7) is 2.64. The number of fused-ring (bicyclic) bond motifs is 1. The quantitative estimate of drug-likeness (QED) is 0.330. The fourth-order valence-corrected chi connectivity index (χ4v) is 5.30. The lowest BCUT2D eigenvalue weighted by Gasteiger charge is -2.36. The standard InChI is InChI=1S/C29H37N3O6/c1-30(16-13-20-11-12-24(37-3)25(18-20)38-4)27(33)21-8-6-14-31(19-21)23-10-5-9-22-26(23)29(35)32(28(22)34)15-7-17-36-2/h5,9-12,18,21H,6-8,13-17,19H2,1-4H3/t21-/m0/s1. The van der Waals surface area contributed by atoms with Crippen molar-refractivity contribution in [3.05, 3.63) is 53.1 Å². The van der Waals surface area contributed by atoms with Gasteiger partial charge in [-0.15, -0.1) is 0 Å². The number of amides is 3. The zero-order valence-corrected chi connectivity index (χ0v) is 22.7. The van der Waals surface area contributed by atoms with Gasteiger partial charge in [-0.2, -0.15) is 0 Å². The van der Waals surface area contributed by atoms with Crippen molar-refractivity contribution >= 4 is 23.4 Å². The van der Waals surface area contributed by atoms with Crippen LogP contribution in [0.4, 0.5) is 5.69 Å². The molecule has 2 aliphatic heterocycles. The summed E-state index contributed by atoms with van der Waals surface area (Å²) in [5.74, 6) is 0.724. The Labute approximate surface area is 224 Å². The first-order chi connectivity index (χ1) is 18.4. The van der Waals surface area contributed by atoms with Gasteiger partial charge in [-0.1, -0.05) is 12.1 Å². The van der Waals surface area contributed by atoms with Gasteiger partial charge in [-0.05, 0) is 55.5 Å². The molecular formula is C29H37N3O6. The van der Waals surface area contributed by atoms with Crippen molar-refractivity contribution in [2.75, 3.05) is 66.1 Å². The summed E-state index contributed by atoms with van der Waals surface area (Å²) in [6.07, 6.45) is 2.92. The zero-order valence-electron chi connectivity index (χ0n) is 22.7. The van der Waals surface area contributed by atoms with Crippen LogP contribution in [0.15, 0.2) is 36.4 Å². The van der Waals surface area contributed by atoms with Crippen molar-refractivity contribution < 1.29 is 28.6 Å². The summed E-state index contributed by atoms with van der Waals surface area (Å²) in [6, 6.07) is 11.2. The smallest absolute Gasteiger partial charge is 0.263 e. The minimum absolute atomic E-state index is 0.0892. The molecule has 9 nitrogen and oxygen atoms in total. The topological polar surface area (TPSA) is 88.6 Å². The number of anilines is 1. The van der Waals surface area contributed by atoms with Crippen molar-refractivity contribution in [2.45, 2.75) is 25.7 Å². The summed E-state index contributed by atoms with van der Waals surface area (Å²) in [5.41, 5.74) is 2.68. The number of benzene rings is 2. The summed E-state index contributed by atoms with van der Waals surface area (Å²) >= 11 is 0. The van der Waals surface area contributed by atoms with Crippen LogP contribution in [0.5, 0.6) is 11.5 Å². The molecule has 0 aromatic heterocycles. The lowest BCUT2D eigenvalue weighted by Crippen LogP contribution is -2.44. The van der Waals surface area contributed by atoms with E-state index in [-0.39, 0.29) is 23.6 Å².